The van der Waals surface area contributed by atoms with Crippen molar-refractivity contribution in [2.45, 2.75) is 57.7 Å². The smallest absolute Gasteiger partial charge is 0.326 e. The fourth-order valence-electron chi connectivity index (χ4n) is 2.08. The van der Waals surface area contributed by atoms with E-state index in [-0.39, 0.29) is 12.3 Å². The van der Waals surface area contributed by atoms with Gasteiger partial charge in [0.2, 0.25) is 11.8 Å². The zero-order valence-corrected chi connectivity index (χ0v) is 14.6. The molecule has 0 aromatic rings. The molecular formula is C15H25N3O8. The second-order valence-corrected chi connectivity index (χ2v) is 6.23. The van der Waals surface area contributed by atoms with Crippen molar-refractivity contribution in [2.24, 2.45) is 11.7 Å². The summed E-state index contributed by atoms with van der Waals surface area (Å²) in [6.45, 7) is 3.68. The minimum Gasteiger partial charge on any atom is -0.481 e. The molecule has 0 bridgehead atoms. The van der Waals surface area contributed by atoms with Crippen LogP contribution in [0.2, 0.25) is 0 Å². The van der Waals surface area contributed by atoms with E-state index in [2.05, 4.69) is 5.32 Å². The highest BCUT2D eigenvalue weighted by Gasteiger charge is 2.29. The second kappa shape index (κ2) is 11.0. The van der Waals surface area contributed by atoms with Gasteiger partial charge in [-0.15, -0.1) is 0 Å². The van der Waals surface area contributed by atoms with Gasteiger partial charge in [0.05, 0.1) is 12.5 Å². The number of carbonyl (C=O) groups is 5. The second-order valence-electron chi connectivity index (χ2n) is 6.23. The molecule has 0 saturated carbocycles. The SMILES string of the molecule is CC(C)CC(N)C(=O)NC(CCC(=O)O)C(=O)NC(CC(=O)O)C(=O)O. The van der Waals surface area contributed by atoms with Gasteiger partial charge in [0, 0.05) is 6.42 Å². The number of hydrogen-bond donors (Lipinski definition) is 6. The summed E-state index contributed by atoms with van der Waals surface area (Å²) in [6, 6.07) is -3.99. The number of hydrogen-bond acceptors (Lipinski definition) is 6. The molecular weight excluding hydrogens is 350 g/mol. The van der Waals surface area contributed by atoms with Crippen molar-refractivity contribution in [3.8, 4) is 0 Å². The van der Waals surface area contributed by atoms with E-state index in [1.165, 1.54) is 0 Å². The number of nitrogens with two attached hydrogens (primary N) is 1. The summed E-state index contributed by atoms with van der Waals surface area (Å²) < 4.78 is 0. The maximum absolute atomic E-state index is 12.2. The zero-order valence-electron chi connectivity index (χ0n) is 14.6. The molecule has 7 N–H and O–H groups in total. The Hall–Kier alpha value is -2.69. The van der Waals surface area contributed by atoms with Crippen LogP contribution in [0.1, 0.15) is 39.5 Å². The van der Waals surface area contributed by atoms with Gasteiger partial charge in [0.15, 0.2) is 0 Å². The third-order valence-corrected chi connectivity index (χ3v) is 3.34. The fraction of sp³-hybridized carbons (Fsp3) is 0.667. The van der Waals surface area contributed by atoms with Gasteiger partial charge in [-0.3, -0.25) is 19.2 Å². The molecule has 0 aliphatic carbocycles. The molecule has 0 heterocycles. The van der Waals surface area contributed by atoms with Crippen molar-refractivity contribution in [3.63, 3.8) is 0 Å². The van der Waals surface area contributed by atoms with Crippen LogP contribution in [0.25, 0.3) is 0 Å². The van der Waals surface area contributed by atoms with Crippen molar-refractivity contribution >= 4 is 29.7 Å². The monoisotopic (exact) mass is 375 g/mol. The van der Waals surface area contributed by atoms with E-state index in [0.717, 1.165) is 0 Å². The molecule has 0 fully saturated rings. The van der Waals surface area contributed by atoms with E-state index in [0.29, 0.717) is 6.42 Å². The van der Waals surface area contributed by atoms with Gasteiger partial charge in [0.25, 0.3) is 0 Å². The lowest BCUT2D eigenvalue weighted by atomic mass is 10.0. The maximum Gasteiger partial charge on any atom is 0.326 e. The first-order valence-electron chi connectivity index (χ1n) is 7.96. The standard InChI is InChI=1S/C15H25N3O8/c1-7(2)5-8(16)13(23)17-9(3-4-11(19)20)14(24)18-10(15(25)26)6-12(21)22/h7-10H,3-6,16H2,1-2H3,(H,17,23)(H,18,24)(H,19,20)(H,21,22)(H,25,26). The molecule has 2 amide bonds. The van der Waals surface area contributed by atoms with Gasteiger partial charge < -0.3 is 31.7 Å². The summed E-state index contributed by atoms with van der Waals surface area (Å²) in [5, 5.41) is 30.7. The Kier molecular flexibility index (Phi) is 9.89. The van der Waals surface area contributed by atoms with Crippen LogP contribution in [0.15, 0.2) is 0 Å². The van der Waals surface area contributed by atoms with E-state index < -0.39 is 60.7 Å². The average molecular weight is 375 g/mol. The topological polar surface area (TPSA) is 196 Å². The minimum absolute atomic E-state index is 0.106. The Balaban J connectivity index is 5.11. The summed E-state index contributed by atoms with van der Waals surface area (Å²) in [5.74, 6) is -5.81. The molecule has 0 aromatic carbocycles. The molecule has 0 radical (unpaired) electrons. The Labute approximate surface area is 149 Å². The summed E-state index contributed by atoms with van der Waals surface area (Å²) in [7, 11) is 0. The molecule has 0 aliphatic heterocycles. The lowest BCUT2D eigenvalue weighted by Crippen LogP contribution is -2.55. The van der Waals surface area contributed by atoms with Crippen molar-refractivity contribution < 1.29 is 39.3 Å². The summed E-state index contributed by atoms with van der Waals surface area (Å²) in [5.41, 5.74) is 5.71. The summed E-state index contributed by atoms with van der Waals surface area (Å²) in [6.07, 6.45) is -1.31. The number of aliphatic carboxylic acids is 3. The number of carboxylic acid groups (broad SMARTS) is 3. The van der Waals surface area contributed by atoms with Gasteiger partial charge in [-0.05, 0) is 18.8 Å². The minimum atomic E-state index is -1.71. The lowest BCUT2D eigenvalue weighted by Gasteiger charge is -2.22. The van der Waals surface area contributed by atoms with Gasteiger partial charge in [-0.1, -0.05) is 13.8 Å². The van der Waals surface area contributed by atoms with Gasteiger partial charge >= 0.3 is 17.9 Å². The fourth-order valence-corrected chi connectivity index (χ4v) is 2.08. The highest BCUT2D eigenvalue weighted by atomic mass is 16.4. The van der Waals surface area contributed by atoms with Crippen LogP contribution in [0.3, 0.4) is 0 Å². The molecule has 0 rings (SSSR count). The number of amides is 2. The third kappa shape index (κ3) is 9.57. The van der Waals surface area contributed by atoms with Crippen LogP contribution in [-0.2, 0) is 24.0 Å². The molecule has 11 nitrogen and oxygen atoms in total. The van der Waals surface area contributed by atoms with Crippen molar-refractivity contribution in [3.05, 3.63) is 0 Å². The Morgan fingerprint density at radius 3 is 1.85 bits per heavy atom. The molecule has 26 heavy (non-hydrogen) atoms. The van der Waals surface area contributed by atoms with Crippen LogP contribution >= 0.6 is 0 Å². The average Bonchev–Trinajstić information content (AvgIpc) is 2.48. The first-order valence-corrected chi connectivity index (χ1v) is 7.96. The van der Waals surface area contributed by atoms with Crippen LogP contribution in [0.4, 0.5) is 0 Å². The van der Waals surface area contributed by atoms with Crippen LogP contribution in [-0.4, -0.2) is 63.2 Å². The zero-order chi connectivity index (χ0) is 20.4. The number of carbonyl (C=O) groups excluding carboxylic acids is 2. The lowest BCUT2D eigenvalue weighted by molar-refractivity contribution is -0.147. The quantitative estimate of drug-likeness (QED) is 0.241. The van der Waals surface area contributed by atoms with Crippen molar-refractivity contribution in [1.29, 1.82) is 0 Å². The molecule has 0 saturated heterocycles. The highest BCUT2D eigenvalue weighted by Crippen LogP contribution is 2.05. The van der Waals surface area contributed by atoms with Gasteiger partial charge in [-0.25, -0.2) is 4.79 Å². The van der Waals surface area contributed by atoms with E-state index in [1.807, 2.05) is 19.2 Å². The molecule has 0 aromatic heterocycles. The summed E-state index contributed by atoms with van der Waals surface area (Å²) >= 11 is 0. The molecule has 0 aliphatic rings. The molecule has 0 spiro atoms. The summed E-state index contributed by atoms with van der Waals surface area (Å²) in [4.78, 5) is 56.7. The maximum atomic E-state index is 12.2. The Bertz CT molecular complexity index is 549. The Morgan fingerprint density at radius 1 is 0.885 bits per heavy atom. The van der Waals surface area contributed by atoms with Crippen LogP contribution in [0, 0.1) is 5.92 Å². The predicted octanol–water partition coefficient (Wildman–Crippen LogP) is -1.25. The molecule has 11 heteroatoms. The number of nitrogens with one attached hydrogen (secondary N) is 2. The predicted molar refractivity (Wildman–Crippen MR) is 88.1 cm³/mol. The van der Waals surface area contributed by atoms with Crippen LogP contribution in [0.5, 0.6) is 0 Å². The highest BCUT2D eigenvalue weighted by molar-refractivity contribution is 5.93. The first kappa shape index (κ1) is 23.3. The first-order chi connectivity index (χ1) is 11.9. The van der Waals surface area contributed by atoms with E-state index in [1.54, 1.807) is 0 Å². The molecule has 148 valence electrons. The van der Waals surface area contributed by atoms with Gasteiger partial charge in [0.1, 0.15) is 12.1 Å². The van der Waals surface area contributed by atoms with Crippen molar-refractivity contribution in [1.82, 2.24) is 10.6 Å². The molecule has 3 unspecified atom stereocenters. The normalized spacial score (nSPS) is 14.2. The van der Waals surface area contributed by atoms with E-state index in [4.69, 9.17) is 21.1 Å². The van der Waals surface area contributed by atoms with Crippen molar-refractivity contribution in [2.75, 3.05) is 0 Å². The molecule has 3 atom stereocenters. The largest absolute Gasteiger partial charge is 0.481 e. The van der Waals surface area contributed by atoms with E-state index in [9.17, 15) is 24.0 Å². The number of carboxylic acids is 3. The Morgan fingerprint density at radius 2 is 1.42 bits per heavy atom. The van der Waals surface area contributed by atoms with Gasteiger partial charge in [-0.2, -0.15) is 0 Å². The number of rotatable bonds is 12. The van der Waals surface area contributed by atoms with E-state index >= 15 is 0 Å². The van der Waals surface area contributed by atoms with Crippen LogP contribution < -0.4 is 16.4 Å². The third-order valence-electron chi connectivity index (χ3n) is 3.34.